The zero-order chi connectivity index (χ0) is 18.8. The van der Waals surface area contributed by atoms with Crippen LogP contribution in [0.2, 0.25) is 0 Å². The molecule has 0 unspecified atom stereocenters. The highest BCUT2D eigenvalue weighted by Crippen LogP contribution is 2.16. The molecule has 26 heavy (non-hydrogen) atoms. The Morgan fingerprint density at radius 3 is 2.42 bits per heavy atom. The molecule has 7 nitrogen and oxygen atoms in total. The first-order valence-corrected chi connectivity index (χ1v) is 8.72. The molecule has 0 radical (unpaired) electrons. The van der Waals surface area contributed by atoms with E-state index in [0.717, 1.165) is 30.9 Å². The van der Waals surface area contributed by atoms with Crippen LogP contribution in [0.5, 0.6) is 11.5 Å². The number of anilines is 1. The molecule has 0 saturated heterocycles. The molecule has 0 spiro atoms. The van der Waals surface area contributed by atoms with Gasteiger partial charge in [0.15, 0.2) is 0 Å². The van der Waals surface area contributed by atoms with Gasteiger partial charge in [0, 0.05) is 26.0 Å². The van der Waals surface area contributed by atoms with Crippen LogP contribution in [0.25, 0.3) is 0 Å². The van der Waals surface area contributed by atoms with Crippen molar-refractivity contribution in [3.63, 3.8) is 0 Å². The van der Waals surface area contributed by atoms with Gasteiger partial charge in [-0.15, -0.1) is 0 Å². The highest BCUT2D eigenvalue weighted by Gasteiger charge is 2.09. The Kier molecular flexibility index (Phi) is 7.67. The van der Waals surface area contributed by atoms with Gasteiger partial charge >= 0.3 is 0 Å². The van der Waals surface area contributed by atoms with E-state index >= 15 is 0 Å². The molecule has 0 aliphatic carbocycles. The molecule has 1 amide bonds. The van der Waals surface area contributed by atoms with Gasteiger partial charge < -0.3 is 19.7 Å². The minimum Gasteiger partial charge on any atom is -0.497 e. The molecule has 0 fully saturated rings. The van der Waals surface area contributed by atoms with E-state index in [1.54, 1.807) is 19.5 Å². The van der Waals surface area contributed by atoms with Crippen LogP contribution in [0.4, 0.5) is 5.95 Å². The smallest absolute Gasteiger partial charge is 0.254 e. The van der Waals surface area contributed by atoms with Gasteiger partial charge in [0.05, 0.1) is 19.2 Å². The van der Waals surface area contributed by atoms with Crippen LogP contribution in [0.3, 0.4) is 0 Å². The molecule has 140 valence electrons. The third-order valence-electron chi connectivity index (χ3n) is 3.80. The fourth-order valence-electron chi connectivity index (χ4n) is 2.24. The molecule has 0 aliphatic heterocycles. The first kappa shape index (κ1) is 19.5. The summed E-state index contributed by atoms with van der Waals surface area (Å²) in [5.74, 6) is 1.90. The Labute approximate surface area is 154 Å². The van der Waals surface area contributed by atoms with E-state index in [9.17, 15) is 4.79 Å². The van der Waals surface area contributed by atoms with Crippen molar-refractivity contribution in [3.05, 3.63) is 42.2 Å². The highest BCUT2D eigenvalue weighted by molar-refractivity contribution is 5.93. The van der Waals surface area contributed by atoms with Crippen LogP contribution < -0.4 is 19.7 Å². The van der Waals surface area contributed by atoms with Crippen molar-refractivity contribution in [1.82, 2.24) is 15.3 Å². The van der Waals surface area contributed by atoms with Gasteiger partial charge in [-0.1, -0.05) is 13.3 Å². The van der Waals surface area contributed by atoms with Crippen LogP contribution in [0.1, 0.15) is 30.1 Å². The van der Waals surface area contributed by atoms with Crippen LogP contribution >= 0.6 is 0 Å². The van der Waals surface area contributed by atoms with Gasteiger partial charge in [0.1, 0.15) is 18.1 Å². The lowest BCUT2D eigenvalue weighted by molar-refractivity contribution is 0.0946. The number of methoxy groups -OCH3 is 1. The number of rotatable bonds is 10. The van der Waals surface area contributed by atoms with Gasteiger partial charge in [-0.25, -0.2) is 9.97 Å². The Morgan fingerprint density at radius 2 is 1.81 bits per heavy atom. The number of aromatic nitrogens is 2. The number of carbonyl (C=O) groups is 1. The maximum absolute atomic E-state index is 12.1. The average Bonchev–Trinajstić information content (AvgIpc) is 2.69. The van der Waals surface area contributed by atoms with Crippen LogP contribution in [0, 0.1) is 0 Å². The van der Waals surface area contributed by atoms with E-state index in [1.165, 1.54) is 0 Å². The molecule has 2 rings (SSSR count). The van der Waals surface area contributed by atoms with Crippen molar-refractivity contribution in [3.8, 4) is 11.5 Å². The van der Waals surface area contributed by atoms with E-state index in [4.69, 9.17) is 9.47 Å². The average molecular weight is 358 g/mol. The Hall–Kier alpha value is -2.83. The number of nitrogens with zero attached hydrogens (tertiary/aromatic N) is 3. The SMILES string of the molecule is CCCCN(C)c1ncc(C(=O)NCCOc2ccc(OC)cc2)cn1. The molecule has 0 bridgehead atoms. The fourth-order valence-corrected chi connectivity index (χ4v) is 2.24. The molecule has 7 heteroatoms. The number of unbranched alkanes of at least 4 members (excludes halogenated alkanes) is 1. The zero-order valence-electron chi connectivity index (χ0n) is 15.6. The van der Waals surface area contributed by atoms with Gasteiger partial charge in [0.2, 0.25) is 5.95 Å². The summed E-state index contributed by atoms with van der Waals surface area (Å²) in [5, 5.41) is 2.79. The van der Waals surface area contributed by atoms with Gasteiger partial charge in [-0.3, -0.25) is 4.79 Å². The second-order valence-corrected chi connectivity index (χ2v) is 5.83. The standard InChI is InChI=1S/C19H26N4O3/c1-4-5-11-23(2)19-21-13-15(14-22-19)18(24)20-10-12-26-17-8-6-16(25-3)7-9-17/h6-9,13-14H,4-5,10-12H2,1-3H3,(H,20,24). The fraction of sp³-hybridized carbons (Fsp3) is 0.421. The summed E-state index contributed by atoms with van der Waals surface area (Å²) in [6.45, 7) is 3.80. The van der Waals surface area contributed by atoms with Crippen molar-refractivity contribution >= 4 is 11.9 Å². The van der Waals surface area contributed by atoms with Crippen LogP contribution in [0.15, 0.2) is 36.7 Å². The van der Waals surface area contributed by atoms with Gasteiger partial charge in [0.25, 0.3) is 5.91 Å². The third kappa shape index (κ3) is 5.91. The van der Waals surface area contributed by atoms with Crippen LogP contribution in [-0.2, 0) is 0 Å². The number of carbonyl (C=O) groups excluding carboxylic acids is 1. The summed E-state index contributed by atoms with van der Waals surface area (Å²) >= 11 is 0. The number of amides is 1. The van der Waals surface area contributed by atoms with E-state index < -0.39 is 0 Å². The first-order valence-electron chi connectivity index (χ1n) is 8.72. The summed E-state index contributed by atoms with van der Waals surface area (Å²) in [5.41, 5.74) is 0.432. The minimum absolute atomic E-state index is 0.217. The Balaban J connectivity index is 1.74. The van der Waals surface area contributed by atoms with Gasteiger partial charge in [-0.2, -0.15) is 0 Å². The first-order chi connectivity index (χ1) is 12.6. The minimum atomic E-state index is -0.217. The van der Waals surface area contributed by atoms with Gasteiger partial charge in [-0.05, 0) is 30.7 Å². The predicted octanol–water partition coefficient (Wildman–Crippen LogP) is 2.53. The quantitative estimate of drug-likeness (QED) is 0.658. The van der Waals surface area contributed by atoms with Crippen LogP contribution in [-0.4, -0.2) is 49.7 Å². The maximum atomic E-state index is 12.1. The Morgan fingerprint density at radius 1 is 1.15 bits per heavy atom. The number of ether oxygens (including phenoxy) is 2. The summed E-state index contributed by atoms with van der Waals surface area (Å²) < 4.78 is 10.7. The molecule has 2 aromatic rings. The van der Waals surface area contributed by atoms with Crippen molar-refractivity contribution in [2.45, 2.75) is 19.8 Å². The van der Waals surface area contributed by atoms with E-state index in [0.29, 0.717) is 24.7 Å². The molecule has 0 aliphatic rings. The largest absolute Gasteiger partial charge is 0.497 e. The third-order valence-corrected chi connectivity index (χ3v) is 3.80. The zero-order valence-corrected chi connectivity index (χ0v) is 15.6. The Bertz CT molecular complexity index is 674. The molecular weight excluding hydrogens is 332 g/mol. The monoisotopic (exact) mass is 358 g/mol. The summed E-state index contributed by atoms with van der Waals surface area (Å²) in [6.07, 6.45) is 5.29. The number of hydrogen-bond acceptors (Lipinski definition) is 6. The van der Waals surface area contributed by atoms with E-state index in [2.05, 4.69) is 22.2 Å². The van der Waals surface area contributed by atoms with E-state index in [-0.39, 0.29) is 5.91 Å². The molecule has 1 aromatic carbocycles. The second-order valence-electron chi connectivity index (χ2n) is 5.83. The second kappa shape index (κ2) is 10.2. The molecule has 1 aromatic heterocycles. The molecule has 0 atom stereocenters. The number of hydrogen-bond donors (Lipinski definition) is 1. The molecule has 1 heterocycles. The summed E-state index contributed by atoms with van der Waals surface area (Å²) in [6, 6.07) is 7.29. The van der Waals surface area contributed by atoms with Crippen molar-refractivity contribution in [2.75, 3.05) is 38.8 Å². The summed E-state index contributed by atoms with van der Waals surface area (Å²) in [7, 11) is 3.56. The number of nitrogens with one attached hydrogen (secondary N) is 1. The maximum Gasteiger partial charge on any atom is 0.254 e. The lowest BCUT2D eigenvalue weighted by atomic mass is 10.3. The van der Waals surface area contributed by atoms with Crippen molar-refractivity contribution < 1.29 is 14.3 Å². The number of benzene rings is 1. The molecule has 1 N–H and O–H groups in total. The normalized spacial score (nSPS) is 10.3. The lowest BCUT2D eigenvalue weighted by Crippen LogP contribution is -2.28. The molecule has 0 saturated carbocycles. The van der Waals surface area contributed by atoms with Crippen molar-refractivity contribution in [2.24, 2.45) is 0 Å². The predicted molar refractivity (Wildman–Crippen MR) is 101 cm³/mol. The molecular formula is C19H26N4O3. The lowest BCUT2D eigenvalue weighted by Gasteiger charge is -2.16. The summed E-state index contributed by atoms with van der Waals surface area (Å²) in [4.78, 5) is 22.6. The highest BCUT2D eigenvalue weighted by atomic mass is 16.5. The van der Waals surface area contributed by atoms with Crippen molar-refractivity contribution in [1.29, 1.82) is 0 Å². The van der Waals surface area contributed by atoms with E-state index in [1.807, 2.05) is 36.2 Å². The topological polar surface area (TPSA) is 76.6 Å².